The summed E-state index contributed by atoms with van der Waals surface area (Å²) in [6.45, 7) is 0.275. The van der Waals surface area contributed by atoms with Crippen molar-refractivity contribution in [1.29, 1.82) is 0 Å². The second-order valence-electron chi connectivity index (χ2n) is 4.70. The molecule has 1 amide bonds. The van der Waals surface area contributed by atoms with Crippen LogP contribution < -0.4 is 0 Å². The Morgan fingerprint density at radius 2 is 1.95 bits per heavy atom. The molecular formula is C15H12Cl2N2O3. The van der Waals surface area contributed by atoms with E-state index < -0.39 is 4.92 Å². The molecule has 22 heavy (non-hydrogen) atoms. The van der Waals surface area contributed by atoms with Crippen LogP contribution in [0.4, 0.5) is 5.69 Å². The van der Waals surface area contributed by atoms with Crippen molar-refractivity contribution in [2.45, 2.75) is 6.54 Å². The van der Waals surface area contributed by atoms with Crippen LogP contribution >= 0.6 is 23.2 Å². The van der Waals surface area contributed by atoms with Crippen LogP contribution in [0.25, 0.3) is 0 Å². The minimum Gasteiger partial charge on any atom is -0.337 e. The molecule has 0 N–H and O–H groups in total. The van der Waals surface area contributed by atoms with Gasteiger partial charge in [0, 0.05) is 41.3 Å². The van der Waals surface area contributed by atoms with Crippen LogP contribution in [0.5, 0.6) is 0 Å². The fourth-order valence-corrected chi connectivity index (χ4v) is 2.42. The highest BCUT2D eigenvalue weighted by atomic mass is 35.5. The molecule has 0 heterocycles. The van der Waals surface area contributed by atoms with Gasteiger partial charge in [-0.3, -0.25) is 14.9 Å². The van der Waals surface area contributed by atoms with Gasteiger partial charge in [0.2, 0.25) is 0 Å². The number of hydrogen-bond donors (Lipinski definition) is 0. The molecule has 114 valence electrons. The molecule has 0 aliphatic rings. The number of hydrogen-bond acceptors (Lipinski definition) is 3. The predicted molar refractivity (Wildman–Crippen MR) is 85.4 cm³/mol. The van der Waals surface area contributed by atoms with E-state index in [9.17, 15) is 14.9 Å². The third kappa shape index (κ3) is 3.75. The molecule has 0 unspecified atom stereocenters. The van der Waals surface area contributed by atoms with Crippen molar-refractivity contribution >= 4 is 34.8 Å². The Kier molecular flexibility index (Phi) is 5.00. The Morgan fingerprint density at radius 1 is 1.23 bits per heavy atom. The van der Waals surface area contributed by atoms with Gasteiger partial charge < -0.3 is 4.90 Å². The van der Waals surface area contributed by atoms with Crippen molar-refractivity contribution in [3.63, 3.8) is 0 Å². The van der Waals surface area contributed by atoms with Gasteiger partial charge in [0.05, 0.1) is 4.92 Å². The molecule has 0 aliphatic heterocycles. The maximum Gasteiger partial charge on any atom is 0.270 e. The van der Waals surface area contributed by atoms with Gasteiger partial charge in [-0.25, -0.2) is 0 Å². The Morgan fingerprint density at radius 3 is 2.59 bits per heavy atom. The average molecular weight is 339 g/mol. The summed E-state index contributed by atoms with van der Waals surface area (Å²) in [5.41, 5.74) is 0.873. The van der Waals surface area contributed by atoms with Gasteiger partial charge in [-0.2, -0.15) is 0 Å². The van der Waals surface area contributed by atoms with E-state index in [1.54, 1.807) is 25.2 Å². The summed E-state index contributed by atoms with van der Waals surface area (Å²) in [6, 6.07) is 10.6. The lowest BCUT2D eigenvalue weighted by Crippen LogP contribution is -2.26. The number of benzene rings is 2. The molecule has 2 aromatic rings. The minimum absolute atomic E-state index is 0.122. The fraction of sp³-hybridized carbons (Fsp3) is 0.133. The van der Waals surface area contributed by atoms with Crippen molar-refractivity contribution in [2.75, 3.05) is 7.05 Å². The molecule has 7 heteroatoms. The number of rotatable bonds is 4. The summed E-state index contributed by atoms with van der Waals surface area (Å²) in [4.78, 5) is 24.0. The second-order valence-corrected chi connectivity index (χ2v) is 5.55. The first kappa shape index (κ1) is 16.3. The summed E-state index contributed by atoms with van der Waals surface area (Å²) in [5, 5.41) is 11.7. The van der Waals surface area contributed by atoms with Gasteiger partial charge in [0.1, 0.15) is 0 Å². The summed E-state index contributed by atoms with van der Waals surface area (Å²) < 4.78 is 0. The van der Waals surface area contributed by atoms with Crippen LogP contribution in [0.3, 0.4) is 0 Å². The number of carbonyl (C=O) groups excluding carboxylic acids is 1. The Labute approximate surface area is 137 Å². The number of amides is 1. The van der Waals surface area contributed by atoms with Gasteiger partial charge in [-0.15, -0.1) is 0 Å². The maximum absolute atomic E-state index is 12.3. The topological polar surface area (TPSA) is 63.5 Å². The molecule has 2 aromatic carbocycles. The highest BCUT2D eigenvalue weighted by Gasteiger charge is 2.16. The van der Waals surface area contributed by atoms with Gasteiger partial charge >= 0.3 is 0 Å². The zero-order valence-electron chi connectivity index (χ0n) is 11.6. The first-order valence-corrected chi connectivity index (χ1v) is 7.08. The SMILES string of the molecule is CN(Cc1ccc(Cl)cc1Cl)C(=O)c1cccc([N+](=O)[O-])c1. The van der Waals surface area contributed by atoms with E-state index in [1.165, 1.54) is 29.2 Å². The van der Waals surface area contributed by atoms with E-state index in [2.05, 4.69) is 0 Å². The van der Waals surface area contributed by atoms with E-state index in [0.29, 0.717) is 10.0 Å². The molecule has 0 saturated heterocycles. The van der Waals surface area contributed by atoms with Crippen LogP contribution in [-0.2, 0) is 6.54 Å². The molecule has 0 spiro atoms. The van der Waals surface area contributed by atoms with Crippen LogP contribution in [0, 0.1) is 10.1 Å². The fourth-order valence-electron chi connectivity index (χ4n) is 1.95. The molecule has 0 atom stereocenters. The van der Waals surface area contributed by atoms with Crippen LogP contribution in [-0.4, -0.2) is 22.8 Å². The minimum atomic E-state index is -0.535. The predicted octanol–water partition coefficient (Wildman–Crippen LogP) is 4.17. The Balaban J connectivity index is 2.18. The highest BCUT2D eigenvalue weighted by molar-refractivity contribution is 6.35. The first-order chi connectivity index (χ1) is 10.4. The summed E-state index contributed by atoms with van der Waals surface area (Å²) in [7, 11) is 1.60. The van der Waals surface area contributed by atoms with Gasteiger partial charge in [-0.05, 0) is 23.8 Å². The quantitative estimate of drug-likeness (QED) is 0.620. The molecule has 0 bridgehead atoms. The van der Waals surface area contributed by atoms with E-state index >= 15 is 0 Å². The van der Waals surface area contributed by atoms with Crippen molar-refractivity contribution < 1.29 is 9.72 Å². The number of non-ortho nitro benzene ring substituents is 1. The molecule has 2 rings (SSSR count). The number of nitro groups is 1. The number of nitrogens with zero attached hydrogens (tertiary/aromatic N) is 2. The van der Waals surface area contributed by atoms with E-state index in [4.69, 9.17) is 23.2 Å². The molecular weight excluding hydrogens is 327 g/mol. The molecule has 0 radical (unpaired) electrons. The van der Waals surface area contributed by atoms with Crippen LogP contribution in [0.15, 0.2) is 42.5 Å². The monoisotopic (exact) mass is 338 g/mol. The standard InChI is InChI=1S/C15H12Cl2N2O3/c1-18(9-11-5-6-12(16)8-14(11)17)15(20)10-3-2-4-13(7-10)19(21)22/h2-8H,9H2,1H3. The third-order valence-electron chi connectivity index (χ3n) is 3.07. The van der Waals surface area contributed by atoms with Crippen molar-refractivity contribution in [3.05, 3.63) is 73.8 Å². The lowest BCUT2D eigenvalue weighted by Gasteiger charge is -2.18. The molecule has 0 aliphatic carbocycles. The second kappa shape index (κ2) is 6.77. The van der Waals surface area contributed by atoms with Gasteiger partial charge in [0.25, 0.3) is 11.6 Å². The first-order valence-electron chi connectivity index (χ1n) is 6.32. The van der Waals surface area contributed by atoms with E-state index in [1.807, 2.05) is 0 Å². The van der Waals surface area contributed by atoms with Crippen LogP contribution in [0.1, 0.15) is 15.9 Å². The zero-order chi connectivity index (χ0) is 16.3. The molecule has 5 nitrogen and oxygen atoms in total. The van der Waals surface area contributed by atoms with Gasteiger partial charge in [-0.1, -0.05) is 35.3 Å². The summed E-state index contributed by atoms with van der Waals surface area (Å²) >= 11 is 11.9. The third-order valence-corrected chi connectivity index (χ3v) is 3.66. The zero-order valence-corrected chi connectivity index (χ0v) is 13.1. The van der Waals surface area contributed by atoms with Crippen LogP contribution in [0.2, 0.25) is 10.0 Å². The van der Waals surface area contributed by atoms with Crippen molar-refractivity contribution in [2.24, 2.45) is 0 Å². The van der Waals surface area contributed by atoms with Crippen molar-refractivity contribution in [3.8, 4) is 0 Å². The lowest BCUT2D eigenvalue weighted by molar-refractivity contribution is -0.384. The van der Waals surface area contributed by atoms with E-state index in [0.717, 1.165) is 5.56 Å². The molecule has 0 saturated carbocycles. The summed E-state index contributed by atoms with van der Waals surface area (Å²) in [6.07, 6.45) is 0. The Hall–Kier alpha value is -2.11. The summed E-state index contributed by atoms with van der Waals surface area (Å²) in [5.74, 6) is -0.324. The normalized spacial score (nSPS) is 10.3. The largest absolute Gasteiger partial charge is 0.337 e. The van der Waals surface area contributed by atoms with Crippen molar-refractivity contribution in [1.82, 2.24) is 4.90 Å². The molecule has 0 aromatic heterocycles. The maximum atomic E-state index is 12.3. The molecule has 0 fully saturated rings. The highest BCUT2D eigenvalue weighted by Crippen LogP contribution is 2.23. The Bertz CT molecular complexity index is 734. The number of nitro benzene ring substituents is 1. The van der Waals surface area contributed by atoms with E-state index in [-0.39, 0.29) is 23.7 Å². The average Bonchev–Trinajstić information content (AvgIpc) is 2.49. The number of carbonyl (C=O) groups is 1. The smallest absolute Gasteiger partial charge is 0.270 e. The lowest BCUT2D eigenvalue weighted by atomic mass is 10.1. The number of halogens is 2. The van der Waals surface area contributed by atoms with Gasteiger partial charge in [0.15, 0.2) is 0 Å².